The lowest BCUT2D eigenvalue weighted by atomic mass is 10.1. The maximum absolute atomic E-state index is 12.4. The third-order valence-electron chi connectivity index (χ3n) is 4.01. The molecule has 2 N–H and O–H groups in total. The number of hydrogen-bond acceptors (Lipinski definition) is 5. The highest BCUT2D eigenvalue weighted by molar-refractivity contribution is 8.18. The number of carbonyl (C=O) groups excluding carboxylic acids is 3. The van der Waals surface area contributed by atoms with E-state index in [9.17, 15) is 19.5 Å². The van der Waals surface area contributed by atoms with E-state index in [1.807, 2.05) is 19.1 Å². The number of amides is 3. The van der Waals surface area contributed by atoms with Gasteiger partial charge in [0.25, 0.3) is 11.1 Å². The van der Waals surface area contributed by atoms with Gasteiger partial charge in [-0.15, -0.1) is 0 Å². The van der Waals surface area contributed by atoms with E-state index in [0.717, 1.165) is 28.6 Å². The maximum atomic E-state index is 12.4. The molecule has 0 spiro atoms. The molecule has 27 heavy (non-hydrogen) atoms. The normalized spacial score (nSPS) is 15.4. The van der Waals surface area contributed by atoms with Crippen LogP contribution in [0.4, 0.5) is 10.5 Å². The van der Waals surface area contributed by atoms with Crippen molar-refractivity contribution in [1.29, 1.82) is 0 Å². The molecule has 1 heterocycles. The lowest BCUT2D eigenvalue weighted by Gasteiger charge is -2.12. The van der Waals surface area contributed by atoms with Crippen LogP contribution < -0.4 is 5.32 Å². The highest BCUT2D eigenvalue weighted by Gasteiger charge is 2.36. The molecule has 3 rings (SSSR count). The first-order chi connectivity index (χ1) is 13.0. The van der Waals surface area contributed by atoms with Crippen molar-refractivity contribution >= 4 is 40.6 Å². The highest BCUT2D eigenvalue weighted by Crippen LogP contribution is 2.32. The summed E-state index contributed by atoms with van der Waals surface area (Å²) in [6, 6.07) is 13.7. The van der Waals surface area contributed by atoms with E-state index < -0.39 is 17.1 Å². The molecule has 3 amide bonds. The topological polar surface area (TPSA) is 86.7 Å². The zero-order chi connectivity index (χ0) is 19.4. The number of aromatic hydroxyl groups is 1. The SMILES string of the molecule is CCc1ccc(NC(=O)CN2C(=O)S/C(=C\c3ccc(O)cc3)C2=O)cc1. The Bertz CT molecular complexity index is 905. The summed E-state index contributed by atoms with van der Waals surface area (Å²) in [6.45, 7) is 1.70. The Morgan fingerprint density at radius 1 is 1.11 bits per heavy atom. The number of rotatable bonds is 5. The first-order valence-corrected chi connectivity index (χ1v) is 9.21. The summed E-state index contributed by atoms with van der Waals surface area (Å²) in [6.07, 6.45) is 2.46. The number of hydrogen-bond donors (Lipinski definition) is 2. The first-order valence-electron chi connectivity index (χ1n) is 8.39. The standard InChI is InChI=1S/C20H18N2O4S/c1-2-13-3-7-15(8-4-13)21-18(24)12-22-19(25)17(27-20(22)26)11-14-5-9-16(23)10-6-14/h3-11,23H,2,12H2,1H3,(H,21,24)/b17-11-. The minimum absolute atomic E-state index is 0.115. The van der Waals surface area contributed by atoms with E-state index in [1.165, 1.54) is 12.1 Å². The zero-order valence-electron chi connectivity index (χ0n) is 14.6. The molecule has 0 aromatic heterocycles. The van der Waals surface area contributed by atoms with E-state index >= 15 is 0 Å². The summed E-state index contributed by atoms with van der Waals surface area (Å²) >= 11 is 0.790. The van der Waals surface area contributed by atoms with Crippen LogP contribution in [-0.2, 0) is 16.0 Å². The molecule has 2 aromatic rings. The summed E-state index contributed by atoms with van der Waals surface area (Å²) in [7, 11) is 0. The second kappa shape index (κ2) is 8.09. The van der Waals surface area contributed by atoms with Crippen LogP contribution in [-0.4, -0.2) is 33.6 Å². The van der Waals surface area contributed by atoms with Gasteiger partial charge in [-0.25, -0.2) is 0 Å². The third kappa shape index (κ3) is 4.57. The van der Waals surface area contributed by atoms with E-state index in [4.69, 9.17) is 0 Å². The van der Waals surface area contributed by atoms with Crippen LogP contribution in [0.2, 0.25) is 0 Å². The van der Waals surface area contributed by atoms with Crippen molar-refractivity contribution in [3.63, 3.8) is 0 Å². The summed E-state index contributed by atoms with van der Waals surface area (Å²) in [5.41, 5.74) is 2.45. The van der Waals surface area contributed by atoms with Gasteiger partial charge < -0.3 is 10.4 Å². The van der Waals surface area contributed by atoms with Gasteiger partial charge in [0.2, 0.25) is 5.91 Å². The van der Waals surface area contributed by atoms with Crippen molar-refractivity contribution in [3.05, 3.63) is 64.6 Å². The van der Waals surface area contributed by atoms with E-state index in [1.54, 1.807) is 30.3 Å². The second-order valence-electron chi connectivity index (χ2n) is 5.96. The molecule has 7 heteroatoms. The predicted octanol–water partition coefficient (Wildman–Crippen LogP) is 3.63. The lowest BCUT2D eigenvalue weighted by molar-refractivity contribution is -0.127. The van der Waals surface area contributed by atoms with E-state index in [2.05, 4.69) is 5.32 Å². The number of nitrogens with one attached hydrogen (secondary N) is 1. The summed E-state index contributed by atoms with van der Waals surface area (Å²) < 4.78 is 0. The molecule has 1 aliphatic rings. The fourth-order valence-electron chi connectivity index (χ4n) is 2.53. The first kappa shape index (κ1) is 18.7. The highest BCUT2D eigenvalue weighted by atomic mass is 32.2. The number of phenolic OH excluding ortho intramolecular Hbond substituents is 1. The fourth-order valence-corrected chi connectivity index (χ4v) is 3.36. The van der Waals surface area contributed by atoms with Crippen LogP contribution >= 0.6 is 11.8 Å². The zero-order valence-corrected chi connectivity index (χ0v) is 15.5. The molecule has 0 radical (unpaired) electrons. The smallest absolute Gasteiger partial charge is 0.294 e. The van der Waals surface area contributed by atoms with Crippen LogP contribution in [0.5, 0.6) is 5.75 Å². The number of carbonyl (C=O) groups is 3. The van der Waals surface area contributed by atoms with Gasteiger partial charge in [0, 0.05) is 5.69 Å². The Morgan fingerprint density at radius 2 is 1.78 bits per heavy atom. The second-order valence-corrected chi connectivity index (χ2v) is 6.95. The molecule has 138 valence electrons. The van der Waals surface area contributed by atoms with Gasteiger partial charge in [0.15, 0.2) is 0 Å². The van der Waals surface area contributed by atoms with Gasteiger partial charge in [-0.05, 0) is 59.7 Å². The largest absolute Gasteiger partial charge is 0.508 e. The Labute approximate surface area is 160 Å². The van der Waals surface area contributed by atoms with Crippen LogP contribution in [0.1, 0.15) is 18.1 Å². The van der Waals surface area contributed by atoms with Gasteiger partial charge in [-0.3, -0.25) is 19.3 Å². The van der Waals surface area contributed by atoms with Crippen LogP contribution in [0.25, 0.3) is 6.08 Å². The number of aryl methyl sites for hydroxylation is 1. The Hall–Kier alpha value is -3.06. The Balaban J connectivity index is 1.65. The van der Waals surface area contributed by atoms with Crippen molar-refractivity contribution in [3.8, 4) is 5.75 Å². The van der Waals surface area contributed by atoms with Gasteiger partial charge in [0.05, 0.1) is 4.91 Å². The summed E-state index contributed by atoms with van der Waals surface area (Å²) in [4.78, 5) is 37.9. The van der Waals surface area contributed by atoms with Gasteiger partial charge in [-0.1, -0.05) is 31.2 Å². The van der Waals surface area contributed by atoms with E-state index in [0.29, 0.717) is 11.3 Å². The predicted molar refractivity (Wildman–Crippen MR) is 105 cm³/mol. The molecular weight excluding hydrogens is 364 g/mol. The van der Waals surface area contributed by atoms with Gasteiger partial charge in [0.1, 0.15) is 12.3 Å². The number of anilines is 1. The van der Waals surface area contributed by atoms with Crippen LogP contribution in [0.3, 0.4) is 0 Å². The molecule has 1 saturated heterocycles. The van der Waals surface area contributed by atoms with Crippen LogP contribution in [0.15, 0.2) is 53.4 Å². The molecule has 6 nitrogen and oxygen atoms in total. The molecular formula is C20H18N2O4S. The van der Waals surface area contributed by atoms with Crippen molar-refractivity contribution in [2.24, 2.45) is 0 Å². The maximum Gasteiger partial charge on any atom is 0.294 e. The molecule has 0 bridgehead atoms. The average molecular weight is 382 g/mol. The summed E-state index contributed by atoms with van der Waals surface area (Å²) in [5.74, 6) is -0.828. The number of thioether (sulfide) groups is 1. The van der Waals surface area contributed by atoms with Crippen molar-refractivity contribution in [2.45, 2.75) is 13.3 Å². The number of imide groups is 1. The van der Waals surface area contributed by atoms with Crippen molar-refractivity contribution in [2.75, 3.05) is 11.9 Å². The molecule has 1 fully saturated rings. The third-order valence-corrected chi connectivity index (χ3v) is 4.92. The minimum atomic E-state index is -0.505. The Kier molecular flexibility index (Phi) is 5.61. The van der Waals surface area contributed by atoms with Crippen LogP contribution in [0, 0.1) is 0 Å². The number of phenols is 1. The average Bonchev–Trinajstić information content (AvgIpc) is 2.91. The van der Waals surface area contributed by atoms with E-state index in [-0.39, 0.29) is 17.2 Å². The van der Waals surface area contributed by atoms with Crippen molar-refractivity contribution < 1.29 is 19.5 Å². The quantitative estimate of drug-likeness (QED) is 0.771. The molecule has 0 atom stereocenters. The van der Waals surface area contributed by atoms with Gasteiger partial charge >= 0.3 is 0 Å². The lowest BCUT2D eigenvalue weighted by Crippen LogP contribution is -2.36. The van der Waals surface area contributed by atoms with Crippen molar-refractivity contribution in [1.82, 2.24) is 4.90 Å². The number of nitrogens with zero attached hydrogens (tertiary/aromatic N) is 1. The Morgan fingerprint density at radius 3 is 2.41 bits per heavy atom. The number of benzene rings is 2. The minimum Gasteiger partial charge on any atom is -0.508 e. The molecule has 1 aliphatic heterocycles. The monoisotopic (exact) mass is 382 g/mol. The summed E-state index contributed by atoms with van der Waals surface area (Å²) in [5, 5.41) is 11.5. The molecule has 0 saturated carbocycles. The molecule has 0 aliphatic carbocycles. The molecule has 2 aromatic carbocycles. The fraction of sp³-hybridized carbons (Fsp3) is 0.150. The molecule has 0 unspecified atom stereocenters. The van der Waals surface area contributed by atoms with Gasteiger partial charge in [-0.2, -0.15) is 0 Å².